The van der Waals surface area contributed by atoms with E-state index in [0.717, 1.165) is 11.8 Å². The lowest BCUT2D eigenvalue weighted by Crippen LogP contribution is -2.00. The molecular formula is C10H20. The Balaban J connectivity index is 2.11. The second kappa shape index (κ2) is 4.00. The van der Waals surface area contributed by atoms with E-state index in [-0.39, 0.29) is 0 Å². The summed E-state index contributed by atoms with van der Waals surface area (Å²) in [7, 11) is 0. The predicted molar refractivity (Wildman–Crippen MR) is 46.0 cm³/mol. The number of hydrogen-bond acceptors (Lipinski definition) is 0. The van der Waals surface area contributed by atoms with Gasteiger partial charge in [0, 0.05) is 0 Å². The fourth-order valence-electron chi connectivity index (χ4n) is 1.98. The molecule has 60 valence electrons. The third-order valence-electron chi connectivity index (χ3n) is 2.91. The lowest BCUT2D eigenvalue weighted by atomic mass is 9.93. The molecule has 1 fully saturated rings. The fraction of sp³-hybridized carbons (Fsp3) is 1.00. The maximum atomic E-state index is 2.39. The highest BCUT2D eigenvalue weighted by atomic mass is 14.2. The molecule has 0 saturated heterocycles. The Morgan fingerprint density at radius 2 is 1.90 bits per heavy atom. The first-order valence-electron chi connectivity index (χ1n) is 4.83. The average Bonchev–Trinajstić information content (AvgIpc) is 2.40. The van der Waals surface area contributed by atoms with E-state index in [1.165, 1.54) is 38.5 Å². The summed E-state index contributed by atoms with van der Waals surface area (Å²) in [6.07, 6.45) is 8.91. The van der Waals surface area contributed by atoms with Crippen LogP contribution < -0.4 is 0 Å². The van der Waals surface area contributed by atoms with Crippen LogP contribution in [0.15, 0.2) is 0 Å². The first-order valence-corrected chi connectivity index (χ1v) is 4.83. The van der Waals surface area contributed by atoms with Crippen molar-refractivity contribution in [2.75, 3.05) is 0 Å². The van der Waals surface area contributed by atoms with Gasteiger partial charge in [0.2, 0.25) is 0 Å². The zero-order valence-corrected chi connectivity index (χ0v) is 7.40. The highest BCUT2D eigenvalue weighted by molar-refractivity contribution is 4.69. The predicted octanol–water partition coefficient (Wildman–Crippen LogP) is 3.61. The lowest BCUT2D eigenvalue weighted by Gasteiger charge is -2.13. The molecule has 0 heteroatoms. The molecule has 1 aliphatic rings. The summed E-state index contributed by atoms with van der Waals surface area (Å²) in [6, 6.07) is 0. The van der Waals surface area contributed by atoms with Crippen LogP contribution in [0.4, 0.5) is 0 Å². The molecule has 0 spiro atoms. The van der Waals surface area contributed by atoms with Gasteiger partial charge in [0.25, 0.3) is 0 Å². The summed E-state index contributed by atoms with van der Waals surface area (Å²) in [5, 5.41) is 0. The van der Waals surface area contributed by atoms with Gasteiger partial charge in [-0.25, -0.2) is 0 Å². The van der Waals surface area contributed by atoms with E-state index in [1.807, 2.05) is 0 Å². The van der Waals surface area contributed by atoms with E-state index in [2.05, 4.69) is 13.8 Å². The molecule has 0 aromatic rings. The standard InChI is InChI=1S/C10H20/c1-3-9(2)8-10-6-4-5-7-10/h9-10H,3-8H2,1-2H3/t9-/m0/s1. The van der Waals surface area contributed by atoms with Crippen molar-refractivity contribution in [2.24, 2.45) is 11.8 Å². The normalized spacial score (nSPS) is 23.4. The molecule has 0 N–H and O–H groups in total. The van der Waals surface area contributed by atoms with Crippen molar-refractivity contribution in [2.45, 2.75) is 52.4 Å². The van der Waals surface area contributed by atoms with Gasteiger partial charge in [0.15, 0.2) is 0 Å². The average molecular weight is 140 g/mol. The number of rotatable bonds is 3. The zero-order chi connectivity index (χ0) is 7.40. The van der Waals surface area contributed by atoms with Gasteiger partial charge in [-0.05, 0) is 18.3 Å². The van der Waals surface area contributed by atoms with Crippen LogP contribution in [0.3, 0.4) is 0 Å². The van der Waals surface area contributed by atoms with Crippen LogP contribution in [0.25, 0.3) is 0 Å². The summed E-state index contributed by atoms with van der Waals surface area (Å²) < 4.78 is 0. The van der Waals surface area contributed by atoms with Crippen molar-refractivity contribution in [1.82, 2.24) is 0 Å². The quantitative estimate of drug-likeness (QED) is 0.561. The van der Waals surface area contributed by atoms with Crippen molar-refractivity contribution >= 4 is 0 Å². The Morgan fingerprint density at radius 3 is 2.40 bits per heavy atom. The van der Waals surface area contributed by atoms with Crippen molar-refractivity contribution < 1.29 is 0 Å². The summed E-state index contributed by atoms with van der Waals surface area (Å²) in [4.78, 5) is 0. The third-order valence-corrected chi connectivity index (χ3v) is 2.91. The smallest absolute Gasteiger partial charge is 0.0412 e. The molecule has 0 aromatic heterocycles. The molecule has 0 amide bonds. The maximum absolute atomic E-state index is 2.39. The van der Waals surface area contributed by atoms with Gasteiger partial charge in [-0.15, -0.1) is 0 Å². The molecule has 0 aromatic carbocycles. The molecular weight excluding hydrogens is 120 g/mol. The van der Waals surface area contributed by atoms with Crippen LogP contribution in [0.1, 0.15) is 52.4 Å². The second-order valence-corrected chi connectivity index (χ2v) is 3.90. The Kier molecular flexibility index (Phi) is 3.24. The van der Waals surface area contributed by atoms with Crippen LogP contribution in [0, 0.1) is 11.8 Å². The SMILES string of the molecule is CC[C@H](C)CC1CCCC1. The van der Waals surface area contributed by atoms with E-state index in [4.69, 9.17) is 0 Å². The van der Waals surface area contributed by atoms with Crippen LogP contribution in [0.2, 0.25) is 0 Å². The molecule has 10 heavy (non-hydrogen) atoms. The Labute approximate surface area is 65.0 Å². The Morgan fingerprint density at radius 1 is 1.30 bits per heavy atom. The van der Waals surface area contributed by atoms with Crippen LogP contribution in [0.5, 0.6) is 0 Å². The number of hydrogen-bond donors (Lipinski definition) is 0. The van der Waals surface area contributed by atoms with E-state index in [9.17, 15) is 0 Å². The molecule has 1 rings (SSSR count). The van der Waals surface area contributed by atoms with E-state index < -0.39 is 0 Å². The van der Waals surface area contributed by atoms with Gasteiger partial charge >= 0.3 is 0 Å². The summed E-state index contributed by atoms with van der Waals surface area (Å²) >= 11 is 0. The fourth-order valence-corrected chi connectivity index (χ4v) is 1.98. The molecule has 0 radical (unpaired) electrons. The van der Waals surface area contributed by atoms with Gasteiger partial charge in [-0.2, -0.15) is 0 Å². The highest BCUT2D eigenvalue weighted by Gasteiger charge is 2.16. The molecule has 1 aliphatic carbocycles. The van der Waals surface area contributed by atoms with Crippen molar-refractivity contribution in [3.8, 4) is 0 Å². The minimum Gasteiger partial charge on any atom is -0.0651 e. The van der Waals surface area contributed by atoms with Gasteiger partial charge in [0.1, 0.15) is 0 Å². The molecule has 0 bridgehead atoms. The minimum atomic E-state index is 0.975. The van der Waals surface area contributed by atoms with E-state index >= 15 is 0 Å². The lowest BCUT2D eigenvalue weighted by molar-refractivity contribution is 0.390. The molecule has 0 nitrogen and oxygen atoms in total. The van der Waals surface area contributed by atoms with Gasteiger partial charge in [-0.1, -0.05) is 46.0 Å². The van der Waals surface area contributed by atoms with Crippen molar-refractivity contribution in [3.63, 3.8) is 0 Å². The topological polar surface area (TPSA) is 0 Å². The molecule has 0 heterocycles. The summed E-state index contributed by atoms with van der Waals surface area (Å²) in [6.45, 7) is 4.69. The minimum absolute atomic E-state index is 0.975. The van der Waals surface area contributed by atoms with Crippen molar-refractivity contribution in [3.05, 3.63) is 0 Å². The zero-order valence-electron chi connectivity index (χ0n) is 7.40. The van der Waals surface area contributed by atoms with Crippen LogP contribution in [-0.4, -0.2) is 0 Å². The Bertz CT molecular complexity index is 80.0. The van der Waals surface area contributed by atoms with E-state index in [1.54, 1.807) is 0 Å². The first kappa shape index (κ1) is 8.10. The van der Waals surface area contributed by atoms with E-state index in [0.29, 0.717) is 0 Å². The van der Waals surface area contributed by atoms with Crippen molar-refractivity contribution in [1.29, 1.82) is 0 Å². The monoisotopic (exact) mass is 140 g/mol. The summed E-state index contributed by atoms with van der Waals surface area (Å²) in [5.74, 6) is 2.07. The molecule has 0 unspecified atom stereocenters. The van der Waals surface area contributed by atoms with Gasteiger partial charge in [-0.3, -0.25) is 0 Å². The third kappa shape index (κ3) is 2.32. The van der Waals surface area contributed by atoms with Gasteiger partial charge < -0.3 is 0 Å². The second-order valence-electron chi connectivity index (χ2n) is 3.90. The molecule has 0 aliphatic heterocycles. The molecule has 1 saturated carbocycles. The Hall–Kier alpha value is 0. The highest BCUT2D eigenvalue weighted by Crippen LogP contribution is 2.30. The van der Waals surface area contributed by atoms with Crippen LogP contribution >= 0.6 is 0 Å². The maximum Gasteiger partial charge on any atom is -0.0412 e. The summed E-state index contributed by atoms with van der Waals surface area (Å²) in [5.41, 5.74) is 0. The largest absolute Gasteiger partial charge is 0.0651 e. The molecule has 1 atom stereocenters. The van der Waals surface area contributed by atoms with Crippen LogP contribution in [-0.2, 0) is 0 Å². The van der Waals surface area contributed by atoms with Gasteiger partial charge in [0.05, 0.1) is 0 Å². The first-order chi connectivity index (χ1) is 4.83.